The number of imidazole rings is 1. The molecule has 7 rings (SSSR count). The van der Waals surface area contributed by atoms with Crippen LogP contribution >= 0.6 is 23.2 Å². The molecule has 262 valence electrons. The first kappa shape index (κ1) is 34.4. The normalized spacial score (nSPS) is 31.8. The highest BCUT2D eigenvalue weighted by Gasteiger charge is 2.51. The quantitative estimate of drug-likeness (QED) is 0.290. The monoisotopic (exact) mass is 726 g/mol. The lowest BCUT2D eigenvalue weighted by Crippen LogP contribution is -2.52. The smallest absolute Gasteiger partial charge is 0.264 e. The third-order valence-electron chi connectivity index (χ3n) is 11.8. The molecule has 1 N–H and O–H groups in total. The largest absolute Gasteiger partial charge is 0.490 e. The van der Waals surface area contributed by atoms with Crippen LogP contribution in [-0.4, -0.2) is 55.9 Å². The molecule has 49 heavy (non-hydrogen) atoms. The number of halogens is 2. The van der Waals surface area contributed by atoms with Gasteiger partial charge in [0, 0.05) is 49.2 Å². The van der Waals surface area contributed by atoms with Crippen molar-refractivity contribution in [1.29, 1.82) is 0 Å². The van der Waals surface area contributed by atoms with E-state index in [0.29, 0.717) is 37.2 Å². The summed E-state index contributed by atoms with van der Waals surface area (Å²) >= 11 is 13.0. The summed E-state index contributed by atoms with van der Waals surface area (Å²) in [5, 5.41) is 0.272. The second-order valence-electron chi connectivity index (χ2n) is 14.5. The zero-order valence-corrected chi connectivity index (χ0v) is 30.7. The Morgan fingerprint density at radius 1 is 1.12 bits per heavy atom. The molecule has 1 saturated carbocycles. The van der Waals surface area contributed by atoms with Gasteiger partial charge in [-0.3, -0.25) is 4.79 Å². The molecule has 1 fully saturated rings. The fraction of sp³-hybridized carbons (Fsp3) is 0.514. The number of allylic oxidation sites excluding steroid dienone is 1. The molecule has 0 saturated heterocycles. The number of ether oxygens (including phenoxy) is 2. The molecule has 4 aliphatic rings. The number of nitrogens with one attached hydrogen (secondary N) is 1. The molecule has 1 amide bonds. The van der Waals surface area contributed by atoms with Crippen molar-refractivity contribution in [2.45, 2.75) is 68.6 Å². The fourth-order valence-electron chi connectivity index (χ4n) is 8.60. The summed E-state index contributed by atoms with van der Waals surface area (Å²) in [6.07, 6.45) is 11.2. The van der Waals surface area contributed by atoms with E-state index in [1.807, 2.05) is 36.7 Å². The van der Waals surface area contributed by atoms with Crippen LogP contribution in [0, 0.1) is 17.8 Å². The summed E-state index contributed by atoms with van der Waals surface area (Å²) in [5.41, 5.74) is 3.25. The first-order valence-corrected chi connectivity index (χ1v) is 19.4. The molecule has 3 heterocycles. The van der Waals surface area contributed by atoms with Gasteiger partial charge < -0.3 is 18.9 Å². The van der Waals surface area contributed by atoms with Crippen LogP contribution in [0.4, 0.5) is 5.69 Å². The van der Waals surface area contributed by atoms with E-state index in [0.717, 1.165) is 48.5 Å². The number of carbonyl (C=O) groups is 1. The van der Waals surface area contributed by atoms with E-state index in [-0.39, 0.29) is 28.7 Å². The number of fused-ring (bicyclic) bond motifs is 4. The number of sulfonamides is 1. The second kappa shape index (κ2) is 12.9. The molecule has 0 unspecified atom stereocenters. The molecule has 2 bridgehead atoms. The van der Waals surface area contributed by atoms with Crippen molar-refractivity contribution in [2.75, 3.05) is 31.7 Å². The molecule has 0 radical (unpaired) electrons. The molecule has 1 spiro atoms. The van der Waals surface area contributed by atoms with Crippen LogP contribution in [0.1, 0.15) is 73.1 Å². The van der Waals surface area contributed by atoms with Crippen LogP contribution in [0.25, 0.3) is 0 Å². The van der Waals surface area contributed by atoms with Gasteiger partial charge in [-0.1, -0.05) is 36.7 Å². The number of hydrogen-bond donors (Lipinski definition) is 1. The van der Waals surface area contributed by atoms with Crippen molar-refractivity contribution in [1.82, 2.24) is 14.3 Å². The Labute approximate surface area is 299 Å². The van der Waals surface area contributed by atoms with Crippen molar-refractivity contribution in [2.24, 2.45) is 24.8 Å². The number of aryl methyl sites for hydroxylation is 1. The Bertz CT molecular complexity index is 1910. The lowest BCUT2D eigenvalue weighted by Gasteiger charge is -2.50. The lowest BCUT2D eigenvalue weighted by atomic mass is 9.63. The van der Waals surface area contributed by atoms with Crippen LogP contribution < -0.4 is 14.4 Å². The minimum atomic E-state index is -3.99. The average Bonchev–Trinajstić information content (AvgIpc) is 3.32. The van der Waals surface area contributed by atoms with Gasteiger partial charge in [0.2, 0.25) is 15.3 Å². The standard InChI is InChI=1S/C37H44Cl2N4O5S/c1-23-7-5-16-37(47-4,33-19-40-35(39)42(33)3)30-12-9-27(30)20-43-21-36(15-6-8-25-17-28(38)11-13-29(25)36)22-48-32-14-10-26(18-31(32)43)34(44)41-49(45,46)24(23)2/h5,10-11,13-14,16-19,23-24,27,30H,6-9,12,15,20-22H2,1-4H3,(H,41,44)/b16-5-/t23-,24+,27-,30+,36-,37+/m0/s1. The summed E-state index contributed by atoms with van der Waals surface area (Å²) in [7, 11) is -0.364. The molecular weight excluding hydrogens is 683 g/mol. The van der Waals surface area contributed by atoms with Crippen LogP contribution in [-0.2, 0) is 39.2 Å². The minimum absolute atomic E-state index is 0.0806. The number of anilines is 1. The van der Waals surface area contributed by atoms with Crippen LogP contribution in [0.5, 0.6) is 5.75 Å². The predicted octanol–water partition coefficient (Wildman–Crippen LogP) is 6.81. The molecule has 1 aromatic heterocycles. The highest BCUT2D eigenvalue weighted by atomic mass is 35.5. The Morgan fingerprint density at radius 2 is 1.94 bits per heavy atom. The van der Waals surface area contributed by atoms with E-state index in [1.54, 1.807) is 32.4 Å². The van der Waals surface area contributed by atoms with Crippen LogP contribution in [0.15, 0.2) is 54.7 Å². The zero-order valence-electron chi connectivity index (χ0n) is 28.4. The number of hydrogen-bond acceptors (Lipinski definition) is 7. The summed E-state index contributed by atoms with van der Waals surface area (Å²) in [4.78, 5) is 20.4. The Kier molecular flexibility index (Phi) is 9.08. The van der Waals surface area contributed by atoms with Gasteiger partial charge in [-0.2, -0.15) is 0 Å². The maximum Gasteiger partial charge on any atom is 0.264 e. The Hall–Kier alpha value is -3.05. The number of aromatic nitrogens is 2. The van der Waals surface area contributed by atoms with Gasteiger partial charge in [0.25, 0.3) is 5.91 Å². The van der Waals surface area contributed by atoms with Gasteiger partial charge in [0.05, 0.1) is 29.4 Å². The minimum Gasteiger partial charge on any atom is -0.490 e. The molecule has 2 aliphatic heterocycles. The zero-order chi connectivity index (χ0) is 34.7. The van der Waals surface area contributed by atoms with Crippen molar-refractivity contribution in [3.8, 4) is 5.75 Å². The van der Waals surface area contributed by atoms with E-state index >= 15 is 0 Å². The topological polar surface area (TPSA) is 103 Å². The van der Waals surface area contributed by atoms with Crippen molar-refractivity contribution in [3.05, 3.63) is 87.4 Å². The van der Waals surface area contributed by atoms with Gasteiger partial charge in [0.15, 0.2) is 0 Å². The highest BCUT2D eigenvalue weighted by molar-refractivity contribution is 7.90. The van der Waals surface area contributed by atoms with E-state index in [4.69, 9.17) is 32.7 Å². The van der Waals surface area contributed by atoms with Crippen molar-refractivity contribution >= 4 is 44.8 Å². The summed E-state index contributed by atoms with van der Waals surface area (Å²) in [6, 6.07) is 11.4. The van der Waals surface area contributed by atoms with Crippen molar-refractivity contribution < 1.29 is 22.7 Å². The molecule has 9 nitrogen and oxygen atoms in total. The Morgan fingerprint density at radius 3 is 2.65 bits per heavy atom. The SMILES string of the molecule is CO[C@]1(c2cnc(Cl)n2C)/C=C\C[C@H](C)[C@@H](C)S(=O)(=O)NC(=O)c2ccc3c(c2)N(C[C@@H]2CC[C@H]21)C[C@@]1(CCCc2cc(Cl)ccc21)CO3. The number of methoxy groups -OCH3 is 1. The van der Waals surface area contributed by atoms with Crippen LogP contribution in [0.3, 0.4) is 0 Å². The molecular formula is C37H44Cl2N4O5S. The van der Waals surface area contributed by atoms with Crippen LogP contribution in [0.2, 0.25) is 10.3 Å². The summed E-state index contributed by atoms with van der Waals surface area (Å²) in [5.74, 6) is 0.0483. The Balaban J connectivity index is 1.37. The summed E-state index contributed by atoms with van der Waals surface area (Å²) < 4.78 is 44.4. The first-order valence-electron chi connectivity index (χ1n) is 17.1. The van der Waals surface area contributed by atoms with Gasteiger partial charge in [-0.05, 0) is 110 Å². The van der Waals surface area contributed by atoms with Crippen molar-refractivity contribution in [3.63, 3.8) is 0 Å². The lowest BCUT2D eigenvalue weighted by molar-refractivity contribution is -0.0846. The predicted molar refractivity (Wildman–Crippen MR) is 192 cm³/mol. The van der Waals surface area contributed by atoms with E-state index in [1.165, 1.54) is 11.1 Å². The fourth-order valence-corrected chi connectivity index (χ4v) is 10.2. The van der Waals surface area contributed by atoms with E-state index < -0.39 is 26.8 Å². The van der Waals surface area contributed by atoms with Gasteiger partial charge in [-0.25, -0.2) is 18.1 Å². The van der Waals surface area contributed by atoms with Gasteiger partial charge in [-0.15, -0.1) is 0 Å². The summed E-state index contributed by atoms with van der Waals surface area (Å²) in [6.45, 7) is 5.36. The molecule has 6 atom stereocenters. The first-order chi connectivity index (χ1) is 23.4. The third kappa shape index (κ3) is 5.96. The van der Waals surface area contributed by atoms with Gasteiger partial charge in [0.1, 0.15) is 11.4 Å². The number of carbonyl (C=O) groups excluding carboxylic acids is 1. The molecule has 2 aromatic carbocycles. The number of rotatable bonds is 2. The molecule has 2 aliphatic carbocycles. The highest BCUT2D eigenvalue weighted by Crippen LogP contribution is 2.52. The van der Waals surface area contributed by atoms with E-state index in [9.17, 15) is 13.2 Å². The van der Waals surface area contributed by atoms with E-state index in [2.05, 4.69) is 32.8 Å². The average molecular weight is 728 g/mol. The second-order valence-corrected chi connectivity index (χ2v) is 17.3. The molecule has 12 heteroatoms. The number of amides is 1. The number of nitrogens with zero attached hydrogens (tertiary/aromatic N) is 3. The van der Waals surface area contributed by atoms with Gasteiger partial charge >= 0.3 is 0 Å². The third-order valence-corrected chi connectivity index (χ3v) is 14.3. The molecule has 3 aromatic rings. The maximum atomic E-state index is 13.6. The number of benzene rings is 2. The maximum absolute atomic E-state index is 13.6.